The van der Waals surface area contributed by atoms with E-state index in [0.717, 1.165) is 6.42 Å². The summed E-state index contributed by atoms with van der Waals surface area (Å²) in [5.41, 5.74) is 0.568. The molecule has 8 heteroatoms. The molecule has 2 rings (SSSR count). The molecule has 0 bridgehead atoms. The molecule has 4 atom stereocenters. The predicted molar refractivity (Wildman–Crippen MR) is 97.8 cm³/mol. The zero-order chi connectivity index (χ0) is 20.7. The molecule has 0 spiro atoms. The Morgan fingerprint density at radius 3 is 1.96 bits per heavy atom. The van der Waals surface area contributed by atoms with Crippen molar-refractivity contribution in [2.75, 3.05) is 6.61 Å². The number of esters is 3. The maximum Gasteiger partial charge on any atom is 0.335 e. The Labute approximate surface area is 164 Å². The molecule has 0 aromatic rings. The molecule has 2 heterocycles. The summed E-state index contributed by atoms with van der Waals surface area (Å²) < 4.78 is 26.9. The quantitative estimate of drug-likeness (QED) is 0.368. The lowest BCUT2D eigenvalue weighted by Gasteiger charge is -2.31. The average Bonchev–Trinajstić information content (AvgIpc) is 2.66. The van der Waals surface area contributed by atoms with E-state index in [9.17, 15) is 14.4 Å². The first-order valence-corrected chi connectivity index (χ1v) is 9.46. The Balaban J connectivity index is 1.76. The van der Waals surface area contributed by atoms with E-state index in [0.29, 0.717) is 37.7 Å². The highest BCUT2D eigenvalue weighted by atomic mass is 16.7. The second-order valence-corrected chi connectivity index (χ2v) is 7.11. The molecule has 0 N–H and O–H groups in total. The molecule has 8 nitrogen and oxygen atoms in total. The molecule has 28 heavy (non-hydrogen) atoms. The van der Waals surface area contributed by atoms with Gasteiger partial charge in [-0.2, -0.15) is 0 Å². The lowest BCUT2D eigenvalue weighted by molar-refractivity contribution is -0.218. The summed E-state index contributed by atoms with van der Waals surface area (Å²) in [7, 11) is 0. The minimum absolute atomic E-state index is 0.0377. The number of rotatable bonds is 7. The number of carbonyl (C=O) groups is 3. The Morgan fingerprint density at radius 2 is 1.39 bits per heavy atom. The Morgan fingerprint density at radius 1 is 0.857 bits per heavy atom. The summed E-state index contributed by atoms with van der Waals surface area (Å²) in [5.74, 6) is -1.58. The fraction of sp³-hybridized carbons (Fsp3) is 0.650. The van der Waals surface area contributed by atoms with Crippen molar-refractivity contribution in [3.05, 3.63) is 24.3 Å². The summed E-state index contributed by atoms with van der Waals surface area (Å²) in [4.78, 5) is 35.5. The molecular weight excluding hydrogens is 368 g/mol. The Bertz CT molecular complexity index is 626. The summed E-state index contributed by atoms with van der Waals surface area (Å²) in [6.45, 7) is 10.2. The zero-order valence-corrected chi connectivity index (χ0v) is 16.4. The van der Waals surface area contributed by atoms with Gasteiger partial charge in [0.15, 0.2) is 6.10 Å². The van der Waals surface area contributed by atoms with E-state index < -0.39 is 36.6 Å². The molecular formula is C20H28O8. The van der Waals surface area contributed by atoms with Crippen LogP contribution in [0.15, 0.2) is 24.3 Å². The maximum atomic E-state index is 12.3. The number of ether oxygens (including phenoxy) is 5. The van der Waals surface area contributed by atoms with Crippen LogP contribution in [0.3, 0.4) is 0 Å². The van der Waals surface area contributed by atoms with E-state index in [2.05, 4.69) is 13.2 Å². The second-order valence-electron chi connectivity index (χ2n) is 7.11. The molecule has 0 aromatic heterocycles. The van der Waals surface area contributed by atoms with Gasteiger partial charge in [0.25, 0.3) is 0 Å². The fourth-order valence-corrected chi connectivity index (χ4v) is 2.83. The molecule has 0 amide bonds. The van der Waals surface area contributed by atoms with Crippen LogP contribution in [0.1, 0.15) is 52.4 Å². The molecule has 2 fully saturated rings. The Kier molecular flexibility index (Phi) is 8.19. The van der Waals surface area contributed by atoms with Crippen LogP contribution >= 0.6 is 0 Å². The first-order valence-electron chi connectivity index (χ1n) is 9.46. The standard InChI is InChI=1S/C20H28O8/c1-12(2)18(21)27-16-9-5-7-14(25-16)11-24-20(23)15-8-6-10-17(26-15)28-19(22)13(3)4/h14-17H,1,3,5-11H2,2,4H3. The topological polar surface area (TPSA) is 97.4 Å². The van der Waals surface area contributed by atoms with Gasteiger partial charge in [-0.3, -0.25) is 0 Å². The van der Waals surface area contributed by atoms with Crippen LogP contribution in [-0.2, 0) is 38.1 Å². The molecule has 156 valence electrons. The molecule has 4 unspecified atom stereocenters. The highest BCUT2D eigenvalue weighted by Gasteiger charge is 2.32. The monoisotopic (exact) mass is 396 g/mol. The molecule has 2 aliphatic heterocycles. The van der Waals surface area contributed by atoms with Crippen LogP contribution in [0.5, 0.6) is 0 Å². The first kappa shape index (κ1) is 22.1. The van der Waals surface area contributed by atoms with Crippen LogP contribution in [0, 0.1) is 0 Å². The van der Waals surface area contributed by atoms with Gasteiger partial charge in [-0.1, -0.05) is 13.2 Å². The fourth-order valence-electron chi connectivity index (χ4n) is 2.83. The summed E-state index contributed by atoms with van der Waals surface area (Å²) >= 11 is 0. The molecule has 0 aliphatic carbocycles. The summed E-state index contributed by atoms with van der Waals surface area (Å²) in [6, 6.07) is 0. The SMILES string of the molecule is C=C(C)C(=O)OC1CCCC(COC(=O)C2CCCC(OC(=O)C(=C)C)O2)O1. The lowest BCUT2D eigenvalue weighted by atomic mass is 10.1. The summed E-state index contributed by atoms with van der Waals surface area (Å²) in [6.07, 6.45) is 1.14. The largest absolute Gasteiger partial charge is 0.461 e. The third-order valence-electron chi connectivity index (χ3n) is 4.38. The predicted octanol–water partition coefficient (Wildman–Crippen LogP) is 2.56. The maximum absolute atomic E-state index is 12.3. The van der Waals surface area contributed by atoms with Gasteiger partial charge >= 0.3 is 17.9 Å². The molecule has 0 aromatic carbocycles. The molecule has 0 saturated carbocycles. The second kappa shape index (κ2) is 10.4. The number of hydrogen-bond acceptors (Lipinski definition) is 8. The highest BCUT2D eigenvalue weighted by Crippen LogP contribution is 2.24. The zero-order valence-electron chi connectivity index (χ0n) is 16.4. The third-order valence-corrected chi connectivity index (χ3v) is 4.38. The normalized spacial score (nSPS) is 27.4. The van der Waals surface area contributed by atoms with Crippen molar-refractivity contribution in [3.8, 4) is 0 Å². The van der Waals surface area contributed by atoms with Gasteiger partial charge in [0.1, 0.15) is 6.61 Å². The first-order chi connectivity index (χ1) is 13.3. The van der Waals surface area contributed by atoms with Crippen LogP contribution in [0.25, 0.3) is 0 Å². The number of carbonyl (C=O) groups excluding carboxylic acids is 3. The van der Waals surface area contributed by atoms with E-state index in [1.165, 1.54) is 0 Å². The van der Waals surface area contributed by atoms with Crippen molar-refractivity contribution in [2.45, 2.75) is 77.2 Å². The molecule has 0 radical (unpaired) electrons. The van der Waals surface area contributed by atoms with E-state index >= 15 is 0 Å². The highest BCUT2D eigenvalue weighted by molar-refractivity contribution is 5.87. The average molecular weight is 396 g/mol. The van der Waals surface area contributed by atoms with Crippen molar-refractivity contribution in [3.63, 3.8) is 0 Å². The van der Waals surface area contributed by atoms with Gasteiger partial charge in [-0.25, -0.2) is 14.4 Å². The van der Waals surface area contributed by atoms with E-state index in [-0.39, 0.29) is 18.3 Å². The van der Waals surface area contributed by atoms with Crippen LogP contribution in [0.4, 0.5) is 0 Å². The minimum atomic E-state index is -0.794. The third kappa shape index (κ3) is 6.76. The molecule has 2 aliphatic rings. The number of hydrogen-bond donors (Lipinski definition) is 0. The van der Waals surface area contributed by atoms with Crippen LogP contribution in [-0.4, -0.2) is 49.3 Å². The van der Waals surface area contributed by atoms with Crippen molar-refractivity contribution in [1.29, 1.82) is 0 Å². The van der Waals surface area contributed by atoms with Crippen molar-refractivity contribution < 1.29 is 38.1 Å². The summed E-state index contributed by atoms with van der Waals surface area (Å²) in [5, 5.41) is 0. The molecule has 2 saturated heterocycles. The van der Waals surface area contributed by atoms with E-state index in [1.54, 1.807) is 13.8 Å². The van der Waals surface area contributed by atoms with E-state index in [1.807, 2.05) is 0 Å². The van der Waals surface area contributed by atoms with Crippen LogP contribution in [0.2, 0.25) is 0 Å². The van der Waals surface area contributed by atoms with Gasteiger partial charge in [-0.05, 0) is 39.5 Å². The van der Waals surface area contributed by atoms with Gasteiger partial charge in [0, 0.05) is 24.0 Å². The van der Waals surface area contributed by atoms with Crippen molar-refractivity contribution in [1.82, 2.24) is 0 Å². The van der Waals surface area contributed by atoms with Gasteiger partial charge in [-0.15, -0.1) is 0 Å². The lowest BCUT2D eigenvalue weighted by Crippen LogP contribution is -2.39. The van der Waals surface area contributed by atoms with Gasteiger partial charge in [0.05, 0.1) is 6.10 Å². The van der Waals surface area contributed by atoms with Gasteiger partial charge in [0.2, 0.25) is 12.6 Å². The van der Waals surface area contributed by atoms with Crippen molar-refractivity contribution >= 4 is 17.9 Å². The van der Waals surface area contributed by atoms with Crippen LogP contribution < -0.4 is 0 Å². The minimum Gasteiger partial charge on any atom is -0.461 e. The van der Waals surface area contributed by atoms with Gasteiger partial charge < -0.3 is 23.7 Å². The Hall–Kier alpha value is -2.19. The smallest absolute Gasteiger partial charge is 0.335 e. The van der Waals surface area contributed by atoms with E-state index in [4.69, 9.17) is 23.7 Å². The van der Waals surface area contributed by atoms with Crippen molar-refractivity contribution in [2.24, 2.45) is 0 Å².